The quantitative estimate of drug-likeness (QED) is 0.773. The Labute approximate surface area is 116 Å². The van der Waals surface area contributed by atoms with Crippen molar-refractivity contribution in [2.45, 2.75) is 6.61 Å². The highest BCUT2D eigenvalue weighted by atomic mass is 16.5. The highest BCUT2D eigenvalue weighted by Crippen LogP contribution is 2.23. The number of aromatic carboxylic acids is 1. The Morgan fingerprint density at radius 2 is 2.20 bits per heavy atom. The first-order valence-corrected chi connectivity index (χ1v) is 5.94. The number of methoxy groups -OCH3 is 1. The van der Waals surface area contributed by atoms with Crippen molar-refractivity contribution in [2.24, 2.45) is 0 Å². The fraction of sp³-hybridized carbons (Fsp3) is 0.143. The third-order valence-electron chi connectivity index (χ3n) is 2.71. The number of anilines is 3. The zero-order valence-electron chi connectivity index (χ0n) is 11.0. The smallest absolute Gasteiger partial charge is 0.339 e. The van der Waals surface area contributed by atoms with Crippen molar-refractivity contribution in [1.82, 2.24) is 4.98 Å². The fourth-order valence-corrected chi connectivity index (χ4v) is 1.79. The van der Waals surface area contributed by atoms with Crippen LogP contribution in [0.15, 0.2) is 36.5 Å². The highest BCUT2D eigenvalue weighted by Gasteiger charge is 2.13. The van der Waals surface area contributed by atoms with Crippen LogP contribution in [0.4, 0.5) is 17.2 Å². The summed E-state index contributed by atoms with van der Waals surface area (Å²) in [6.07, 6.45) is 1.41. The number of nitrogen functional groups attached to an aromatic ring is 1. The summed E-state index contributed by atoms with van der Waals surface area (Å²) in [4.78, 5) is 15.3. The maximum Gasteiger partial charge on any atom is 0.339 e. The summed E-state index contributed by atoms with van der Waals surface area (Å²) < 4.78 is 5.11. The lowest BCUT2D eigenvalue weighted by Gasteiger charge is -2.12. The molecule has 0 atom stereocenters. The topological polar surface area (TPSA) is 97.5 Å². The van der Waals surface area contributed by atoms with E-state index in [0.717, 1.165) is 11.3 Å². The van der Waals surface area contributed by atoms with Gasteiger partial charge in [0.05, 0.1) is 18.5 Å². The van der Waals surface area contributed by atoms with Gasteiger partial charge in [0.2, 0.25) is 0 Å². The summed E-state index contributed by atoms with van der Waals surface area (Å²) in [5, 5.41) is 12.2. The summed E-state index contributed by atoms with van der Waals surface area (Å²) in [6, 6.07) is 8.82. The van der Waals surface area contributed by atoms with Crippen molar-refractivity contribution >= 4 is 23.2 Å². The highest BCUT2D eigenvalue weighted by molar-refractivity contribution is 5.95. The normalized spacial score (nSPS) is 10.2. The van der Waals surface area contributed by atoms with E-state index in [1.807, 2.05) is 24.3 Å². The van der Waals surface area contributed by atoms with Gasteiger partial charge in [0.25, 0.3) is 0 Å². The average Bonchev–Trinajstić information content (AvgIpc) is 2.43. The number of nitrogens with two attached hydrogens (primary N) is 1. The number of benzene rings is 1. The van der Waals surface area contributed by atoms with E-state index in [1.54, 1.807) is 7.11 Å². The van der Waals surface area contributed by atoms with E-state index in [2.05, 4.69) is 10.3 Å². The number of carbonyl (C=O) groups is 1. The van der Waals surface area contributed by atoms with E-state index in [0.29, 0.717) is 12.3 Å². The first-order chi connectivity index (χ1) is 9.61. The first kappa shape index (κ1) is 13.8. The lowest BCUT2D eigenvalue weighted by molar-refractivity contribution is 0.0697. The maximum absolute atomic E-state index is 11.2. The Balaban J connectivity index is 2.37. The minimum atomic E-state index is -1.09. The SMILES string of the molecule is COCc1ccccc1Nc1ncc(N)cc1C(=O)O. The van der Waals surface area contributed by atoms with Gasteiger partial charge in [0.15, 0.2) is 0 Å². The number of nitrogens with one attached hydrogen (secondary N) is 1. The number of aromatic nitrogens is 1. The van der Waals surface area contributed by atoms with Crippen LogP contribution in [-0.2, 0) is 11.3 Å². The van der Waals surface area contributed by atoms with Crippen LogP contribution in [0.2, 0.25) is 0 Å². The van der Waals surface area contributed by atoms with Gasteiger partial charge in [-0.3, -0.25) is 0 Å². The fourth-order valence-electron chi connectivity index (χ4n) is 1.79. The number of para-hydroxylation sites is 1. The molecule has 0 aliphatic heterocycles. The van der Waals surface area contributed by atoms with Crippen LogP contribution in [0.3, 0.4) is 0 Å². The molecule has 2 aromatic rings. The molecule has 0 saturated carbocycles. The standard InChI is InChI=1S/C14H15N3O3/c1-20-8-9-4-2-3-5-12(9)17-13-11(14(18)19)6-10(15)7-16-13/h2-7H,8,15H2,1H3,(H,16,17)(H,18,19). The third kappa shape index (κ3) is 3.04. The number of hydrogen-bond acceptors (Lipinski definition) is 5. The predicted octanol–water partition coefficient (Wildman–Crippen LogP) is 2.25. The monoisotopic (exact) mass is 273 g/mol. The molecule has 0 unspecified atom stereocenters. The third-order valence-corrected chi connectivity index (χ3v) is 2.71. The molecule has 4 N–H and O–H groups in total. The van der Waals surface area contributed by atoms with Gasteiger partial charge < -0.3 is 20.9 Å². The molecule has 0 aliphatic rings. The number of pyridine rings is 1. The molecule has 1 aromatic heterocycles. The summed E-state index contributed by atoms with van der Waals surface area (Å²) in [5.74, 6) is -0.841. The number of rotatable bonds is 5. The number of hydrogen-bond donors (Lipinski definition) is 3. The van der Waals surface area contributed by atoms with Crippen molar-refractivity contribution in [3.63, 3.8) is 0 Å². The van der Waals surface area contributed by atoms with Crippen molar-refractivity contribution in [2.75, 3.05) is 18.2 Å². The van der Waals surface area contributed by atoms with Gasteiger partial charge in [0.1, 0.15) is 11.4 Å². The van der Waals surface area contributed by atoms with Crippen LogP contribution in [-0.4, -0.2) is 23.2 Å². The lowest BCUT2D eigenvalue weighted by Crippen LogP contribution is -2.07. The lowest BCUT2D eigenvalue weighted by atomic mass is 10.1. The van der Waals surface area contributed by atoms with Gasteiger partial charge in [-0.1, -0.05) is 18.2 Å². The zero-order valence-corrected chi connectivity index (χ0v) is 11.0. The molecule has 0 fully saturated rings. The van der Waals surface area contributed by atoms with Gasteiger partial charge in [-0.2, -0.15) is 0 Å². The molecule has 2 rings (SSSR count). The molecule has 1 aromatic carbocycles. The molecule has 6 heteroatoms. The van der Waals surface area contributed by atoms with Crippen LogP contribution >= 0.6 is 0 Å². The molecule has 104 valence electrons. The van der Waals surface area contributed by atoms with Crippen LogP contribution in [0.25, 0.3) is 0 Å². The minimum Gasteiger partial charge on any atom is -0.478 e. The molecule has 0 radical (unpaired) electrons. The second-order valence-corrected chi connectivity index (χ2v) is 4.19. The van der Waals surface area contributed by atoms with Crippen molar-refractivity contribution < 1.29 is 14.6 Å². The number of nitrogens with zero attached hydrogens (tertiary/aromatic N) is 1. The molecule has 0 amide bonds. The molecule has 0 saturated heterocycles. The van der Waals surface area contributed by atoms with Gasteiger partial charge >= 0.3 is 5.97 Å². The molecule has 1 heterocycles. The Hall–Kier alpha value is -2.60. The summed E-state index contributed by atoms with van der Waals surface area (Å²) in [6.45, 7) is 0.417. The van der Waals surface area contributed by atoms with E-state index in [4.69, 9.17) is 10.5 Å². The second-order valence-electron chi connectivity index (χ2n) is 4.19. The Kier molecular flexibility index (Phi) is 4.17. The number of carboxylic acid groups (broad SMARTS) is 1. The Bertz CT molecular complexity index is 629. The van der Waals surface area contributed by atoms with Crippen LogP contribution in [0.1, 0.15) is 15.9 Å². The van der Waals surface area contributed by atoms with Crippen LogP contribution < -0.4 is 11.1 Å². The van der Waals surface area contributed by atoms with Crippen molar-refractivity contribution in [3.8, 4) is 0 Å². The van der Waals surface area contributed by atoms with Gasteiger partial charge in [0, 0.05) is 18.4 Å². The molecular formula is C14H15N3O3. The maximum atomic E-state index is 11.2. The van der Waals surface area contributed by atoms with E-state index in [1.165, 1.54) is 12.3 Å². The minimum absolute atomic E-state index is 0.0252. The predicted molar refractivity (Wildman–Crippen MR) is 76.0 cm³/mol. The van der Waals surface area contributed by atoms with Gasteiger partial charge in [-0.15, -0.1) is 0 Å². The molecule has 6 nitrogen and oxygen atoms in total. The van der Waals surface area contributed by atoms with E-state index >= 15 is 0 Å². The number of ether oxygens (including phenoxy) is 1. The first-order valence-electron chi connectivity index (χ1n) is 5.94. The zero-order chi connectivity index (χ0) is 14.5. The Morgan fingerprint density at radius 3 is 2.90 bits per heavy atom. The number of carboxylic acids is 1. The molecular weight excluding hydrogens is 258 g/mol. The molecule has 20 heavy (non-hydrogen) atoms. The summed E-state index contributed by atoms with van der Waals surface area (Å²) in [5.41, 5.74) is 7.54. The average molecular weight is 273 g/mol. The van der Waals surface area contributed by atoms with E-state index in [9.17, 15) is 9.90 Å². The van der Waals surface area contributed by atoms with Crippen LogP contribution in [0.5, 0.6) is 0 Å². The van der Waals surface area contributed by atoms with Crippen LogP contribution in [0, 0.1) is 0 Å². The van der Waals surface area contributed by atoms with Gasteiger partial charge in [-0.25, -0.2) is 9.78 Å². The molecule has 0 spiro atoms. The van der Waals surface area contributed by atoms with Crippen molar-refractivity contribution in [1.29, 1.82) is 0 Å². The molecule has 0 bridgehead atoms. The van der Waals surface area contributed by atoms with E-state index < -0.39 is 5.97 Å². The molecule has 0 aliphatic carbocycles. The van der Waals surface area contributed by atoms with Gasteiger partial charge in [-0.05, 0) is 12.1 Å². The largest absolute Gasteiger partial charge is 0.478 e. The summed E-state index contributed by atoms with van der Waals surface area (Å²) >= 11 is 0. The van der Waals surface area contributed by atoms with Crippen molar-refractivity contribution in [3.05, 3.63) is 47.7 Å². The van der Waals surface area contributed by atoms with E-state index in [-0.39, 0.29) is 11.4 Å². The summed E-state index contributed by atoms with van der Waals surface area (Å²) in [7, 11) is 1.60. The second kappa shape index (κ2) is 6.03. The Morgan fingerprint density at radius 1 is 1.45 bits per heavy atom.